The summed E-state index contributed by atoms with van der Waals surface area (Å²) in [5.74, 6) is 0.760. The highest BCUT2D eigenvalue weighted by Crippen LogP contribution is 2.34. The second-order valence-electron chi connectivity index (χ2n) is 4.10. The molecular weight excluding hydrogens is 193 g/mol. The first-order chi connectivity index (χ1) is 7.14. The molecule has 1 fully saturated rings. The Bertz CT molecular complexity index is 330. The minimum Gasteiger partial charge on any atom is -0.497 e. The molecule has 0 aromatic heterocycles. The lowest BCUT2D eigenvalue weighted by atomic mass is 9.84. The highest BCUT2D eigenvalue weighted by Gasteiger charge is 2.39. The number of benzene rings is 1. The van der Waals surface area contributed by atoms with E-state index in [4.69, 9.17) is 4.74 Å². The zero-order valence-corrected chi connectivity index (χ0v) is 9.09. The Labute approximate surface area is 89.4 Å². The summed E-state index contributed by atoms with van der Waals surface area (Å²) in [5, 5.41) is 3.11. The second-order valence-corrected chi connectivity index (χ2v) is 4.10. The van der Waals surface area contributed by atoms with E-state index >= 15 is 0 Å². The van der Waals surface area contributed by atoms with Gasteiger partial charge < -0.3 is 10.1 Å². The maximum absolute atomic E-state index is 14.4. The van der Waals surface area contributed by atoms with Gasteiger partial charge in [-0.1, -0.05) is 12.1 Å². The summed E-state index contributed by atoms with van der Waals surface area (Å²) in [5.41, 5.74) is -0.578. The van der Waals surface area contributed by atoms with Gasteiger partial charge in [0.05, 0.1) is 7.11 Å². The molecule has 1 heterocycles. The molecule has 15 heavy (non-hydrogen) atoms. The van der Waals surface area contributed by atoms with Gasteiger partial charge in [-0.25, -0.2) is 4.39 Å². The molecule has 1 N–H and O–H groups in total. The molecule has 2 rings (SSSR count). The molecule has 0 spiro atoms. The molecule has 1 aliphatic rings. The first kappa shape index (κ1) is 10.4. The van der Waals surface area contributed by atoms with E-state index in [-0.39, 0.29) is 6.04 Å². The van der Waals surface area contributed by atoms with E-state index in [0.717, 1.165) is 18.7 Å². The van der Waals surface area contributed by atoms with Crippen LogP contribution in [-0.2, 0) is 5.67 Å². The standard InChI is InChI=1S/C12H16FNO/c1-12(13,11-7-8-14-11)9-3-5-10(15-2)6-4-9/h3-6,11,14H,7-8H2,1-2H3. The number of methoxy groups -OCH3 is 1. The van der Waals surface area contributed by atoms with Gasteiger partial charge in [0.15, 0.2) is 0 Å². The molecule has 82 valence electrons. The number of hydrogen-bond donors (Lipinski definition) is 1. The predicted molar refractivity (Wildman–Crippen MR) is 57.9 cm³/mol. The SMILES string of the molecule is COc1ccc(C(C)(F)C2CCN2)cc1. The van der Waals surface area contributed by atoms with Crippen molar-refractivity contribution in [3.63, 3.8) is 0 Å². The van der Waals surface area contributed by atoms with Gasteiger partial charge in [-0.05, 0) is 37.6 Å². The van der Waals surface area contributed by atoms with Crippen molar-refractivity contribution < 1.29 is 9.13 Å². The minimum atomic E-state index is -1.29. The normalized spacial score (nSPS) is 24.1. The fourth-order valence-electron chi connectivity index (χ4n) is 1.87. The highest BCUT2D eigenvalue weighted by molar-refractivity contribution is 5.32. The van der Waals surface area contributed by atoms with Crippen LogP contribution in [0.25, 0.3) is 0 Å². The Kier molecular flexibility index (Phi) is 2.65. The van der Waals surface area contributed by atoms with Gasteiger partial charge in [0.25, 0.3) is 0 Å². The van der Waals surface area contributed by atoms with Crippen molar-refractivity contribution in [3.05, 3.63) is 29.8 Å². The van der Waals surface area contributed by atoms with Crippen LogP contribution >= 0.6 is 0 Å². The lowest BCUT2D eigenvalue weighted by Crippen LogP contribution is -2.53. The second kappa shape index (κ2) is 3.81. The molecule has 2 atom stereocenters. The van der Waals surface area contributed by atoms with Crippen molar-refractivity contribution in [3.8, 4) is 5.75 Å². The number of nitrogens with one attached hydrogen (secondary N) is 1. The number of halogens is 1. The molecular formula is C12H16FNO. The number of alkyl halides is 1. The van der Waals surface area contributed by atoms with Crippen molar-refractivity contribution in [2.45, 2.75) is 25.1 Å². The van der Waals surface area contributed by atoms with Crippen molar-refractivity contribution >= 4 is 0 Å². The Morgan fingerprint density at radius 2 is 2.00 bits per heavy atom. The topological polar surface area (TPSA) is 21.3 Å². The van der Waals surface area contributed by atoms with Gasteiger partial charge in [-0.3, -0.25) is 0 Å². The van der Waals surface area contributed by atoms with Gasteiger partial charge in [0, 0.05) is 6.04 Å². The summed E-state index contributed by atoms with van der Waals surface area (Å²) in [6, 6.07) is 7.13. The number of rotatable bonds is 3. The quantitative estimate of drug-likeness (QED) is 0.824. The third-order valence-corrected chi connectivity index (χ3v) is 3.13. The Hall–Kier alpha value is -1.09. The molecule has 1 aliphatic heterocycles. The third-order valence-electron chi connectivity index (χ3n) is 3.13. The van der Waals surface area contributed by atoms with Crippen LogP contribution in [0.4, 0.5) is 4.39 Å². The molecule has 0 radical (unpaired) electrons. The van der Waals surface area contributed by atoms with Crippen LogP contribution in [-0.4, -0.2) is 19.7 Å². The fourth-order valence-corrected chi connectivity index (χ4v) is 1.87. The van der Waals surface area contributed by atoms with E-state index in [1.807, 2.05) is 0 Å². The largest absolute Gasteiger partial charge is 0.497 e. The Morgan fingerprint density at radius 1 is 1.40 bits per heavy atom. The van der Waals surface area contributed by atoms with Gasteiger partial charge in [-0.15, -0.1) is 0 Å². The molecule has 0 saturated carbocycles. The molecule has 0 bridgehead atoms. The monoisotopic (exact) mass is 209 g/mol. The maximum atomic E-state index is 14.4. The number of hydrogen-bond acceptors (Lipinski definition) is 2. The van der Waals surface area contributed by atoms with Crippen LogP contribution in [0.15, 0.2) is 24.3 Å². The van der Waals surface area contributed by atoms with Crippen molar-refractivity contribution in [1.29, 1.82) is 0 Å². The zero-order valence-electron chi connectivity index (χ0n) is 9.09. The first-order valence-corrected chi connectivity index (χ1v) is 5.21. The maximum Gasteiger partial charge on any atom is 0.148 e. The predicted octanol–water partition coefficient (Wildman–Crippen LogP) is 2.24. The minimum absolute atomic E-state index is 0.0501. The molecule has 2 unspecified atom stereocenters. The first-order valence-electron chi connectivity index (χ1n) is 5.21. The number of ether oxygens (including phenoxy) is 1. The van der Waals surface area contributed by atoms with Gasteiger partial charge in [0.2, 0.25) is 0 Å². The highest BCUT2D eigenvalue weighted by atomic mass is 19.1. The summed E-state index contributed by atoms with van der Waals surface area (Å²) >= 11 is 0. The van der Waals surface area contributed by atoms with Gasteiger partial charge in [0.1, 0.15) is 11.4 Å². The van der Waals surface area contributed by atoms with Crippen LogP contribution in [0.1, 0.15) is 18.9 Å². The van der Waals surface area contributed by atoms with Crippen LogP contribution in [0.3, 0.4) is 0 Å². The molecule has 1 aromatic carbocycles. The molecule has 0 aliphatic carbocycles. The average molecular weight is 209 g/mol. The van der Waals surface area contributed by atoms with Crippen LogP contribution in [0.2, 0.25) is 0 Å². The van der Waals surface area contributed by atoms with E-state index in [1.165, 1.54) is 0 Å². The molecule has 2 nitrogen and oxygen atoms in total. The fraction of sp³-hybridized carbons (Fsp3) is 0.500. The van der Waals surface area contributed by atoms with Crippen molar-refractivity contribution in [2.24, 2.45) is 0 Å². The smallest absolute Gasteiger partial charge is 0.148 e. The zero-order chi connectivity index (χ0) is 10.9. The lowest BCUT2D eigenvalue weighted by Gasteiger charge is -2.38. The van der Waals surface area contributed by atoms with Gasteiger partial charge in [-0.2, -0.15) is 0 Å². The molecule has 1 aromatic rings. The van der Waals surface area contributed by atoms with E-state index < -0.39 is 5.67 Å². The van der Waals surface area contributed by atoms with Crippen LogP contribution < -0.4 is 10.1 Å². The summed E-state index contributed by atoms with van der Waals surface area (Å²) in [4.78, 5) is 0. The van der Waals surface area contributed by atoms with Crippen molar-refractivity contribution in [1.82, 2.24) is 5.32 Å². The summed E-state index contributed by atoms with van der Waals surface area (Å²) in [6.07, 6.45) is 0.902. The summed E-state index contributed by atoms with van der Waals surface area (Å²) in [7, 11) is 1.61. The van der Waals surface area contributed by atoms with E-state index in [1.54, 1.807) is 38.3 Å². The average Bonchev–Trinajstić information content (AvgIpc) is 2.14. The lowest BCUT2D eigenvalue weighted by molar-refractivity contribution is 0.0858. The van der Waals surface area contributed by atoms with E-state index in [9.17, 15) is 4.39 Å². The van der Waals surface area contributed by atoms with E-state index in [2.05, 4.69) is 5.32 Å². The molecule has 3 heteroatoms. The third kappa shape index (κ3) is 1.84. The van der Waals surface area contributed by atoms with Crippen LogP contribution in [0.5, 0.6) is 5.75 Å². The molecule has 0 amide bonds. The Balaban J connectivity index is 2.20. The summed E-state index contributed by atoms with van der Waals surface area (Å²) in [6.45, 7) is 2.55. The molecule has 1 saturated heterocycles. The van der Waals surface area contributed by atoms with Crippen molar-refractivity contribution in [2.75, 3.05) is 13.7 Å². The van der Waals surface area contributed by atoms with Gasteiger partial charge >= 0.3 is 0 Å². The van der Waals surface area contributed by atoms with Crippen LogP contribution in [0, 0.1) is 0 Å². The van der Waals surface area contributed by atoms with E-state index in [0.29, 0.717) is 5.56 Å². The Morgan fingerprint density at radius 3 is 2.40 bits per heavy atom. The summed E-state index contributed by atoms with van der Waals surface area (Å²) < 4.78 is 19.4.